The summed E-state index contributed by atoms with van der Waals surface area (Å²) in [5, 5.41) is 0. The molecule has 4 aliphatic carbocycles. The van der Waals surface area contributed by atoms with Crippen molar-refractivity contribution in [3.05, 3.63) is 160 Å². The molecule has 0 nitrogen and oxygen atoms in total. The first-order valence-electron chi connectivity index (χ1n) is 11.1. The Morgan fingerprint density at radius 2 is 1.03 bits per heavy atom. The minimum atomic E-state index is -0.268. The standard InChI is InChI=1S/C31H20Te/c32-29-24(21-11-3-1-4-12-21)19-23-20-30(22-13-5-2-6-14-22)25-15-7-9-17-27(25)31(23,29)28-18-10-8-16-26(28)30/h1-20H. The summed E-state index contributed by atoms with van der Waals surface area (Å²) in [5.74, 6) is 0. The van der Waals surface area contributed by atoms with E-state index in [0.29, 0.717) is 0 Å². The van der Waals surface area contributed by atoms with Crippen molar-refractivity contribution in [3.63, 3.8) is 0 Å². The summed E-state index contributed by atoms with van der Waals surface area (Å²) in [4.78, 5) is 0. The second-order valence-electron chi connectivity index (χ2n) is 8.87. The Kier molecular flexibility index (Phi) is 3.78. The van der Waals surface area contributed by atoms with Crippen LogP contribution in [0, 0.1) is 0 Å². The van der Waals surface area contributed by atoms with Gasteiger partial charge in [0.25, 0.3) is 0 Å². The summed E-state index contributed by atoms with van der Waals surface area (Å²) >= 11 is 2.25. The van der Waals surface area contributed by atoms with Crippen LogP contribution in [0.1, 0.15) is 33.4 Å². The molecule has 0 unspecified atom stereocenters. The predicted molar refractivity (Wildman–Crippen MR) is 133 cm³/mol. The van der Waals surface area contributed by atoms with E-state index < -0.39 is 0 Å². The van der Waals surface area contributed by atoms with Crippen molar-refractivity contribution < 1.29 is 0 Å². The molecule has 32 heavy (non-hydrogen) atoms. The van der Waals surface area contributed by atoms with E-state index in [1.807, 2.05) is 0 Å². The van der Waals surface area contributed by atoms with Crippen molar-refractivity contribution in [2.24, 2.45) is 0 Å². The fraction of sp³-hybridized carbons (Fsp3) is 0.0645. The van der Waals surface area contributed by atoms with Crippen molar-refractivity contribution in [1.82, 2.24) is 0 Å². The molecule has 4 aliphatic rings. The molecule has 0 fully saturated rings. The molecule has 150 valence electrons. The fourth-order valence-corrected chi connectivity index (χ4v) is 7.75. The second kappa shape index (κ2) is 6.52. The Morgan fingerprint density at radius 1 is 0.531 bits per heavy atom. The second-order valence-corrected chi connectivity index (χ2v) is 10.0. The quantitative estimate of drug-likeness (QED) is 0.285. The third kappa shape index (κ3) is 2.07. The third-order valence-corrected chi connectivity index (χ3v) is 9.02. The van der Waals surface area contributed by atoms with E-state index in [0.717, 1.165) is 0 Å². The minimum absolute atomic E-state index is 0.209. The maximum absolute atomic E-state index is 2.56. The van der Waals surface area contributed by atoms with Gasteiger partial charge in [0.05, 0.1) is 0 Å². The first-order chi connectivity index (χ1) is 15.8. The van der Waals surface area contributed by atoms with E-state index in [2.05, 4.69) is 143 Å². The molecular formula is C31H20Te. The maximum atomic E-state index is 2.56. The summed E-state index contributed by atoms with van der Waals surface area (Å²) in [6.45, 7) is 0. The zero-order chi connectivity index (χ0) is 21.3. The van der Waals surface area contributed by atoms with Crippen molar-refractivity contribution in [2.45, 2.75) is 10.8 Å². The Morgan fingerprint density at radius 3 is 1.62 bits per heavy atom. The van der Waals surface area contributed by atoms with Crippen LogP contribution in [0.5, 0.6) is 0 Å². The van der Waals surface area contributed by atoms with Crippen molar-refractivity contribution in [2.75, 3.05) is 0 Å². The molecule has 0 atom stereocenters. The molecule has 0 radical (unpaired) electrons. The SMILES string of the molecule is [Te]=C1C(c2ccccc2)=CC2=CC3(c4ccccc4)c4ccccc4C12c1ccccc13. The van der Waals surface area contributed by atoms with Crippen LogP contribution >= 0.6 is 0 Å². The van der Waals surface area contributed by atoms with E-state index in [-0.39, 0.29) is 10.8 Å². The van der Waals surface area contributed by atoms with Gasteiger partial charge in [-0.1, -0.05) is 0 Å². The summed E-state index contributed by atoms with van der Waals surface area (Å²) in [6.07, 6.45) is 5.02. The summed E-state index contributed by atoms with van der Waals surface area (Å²) in [5.41, 5.74) is 10.6. The average Bonchev–Trinajstić information content (AvgIpc) is 3.18. The molecule has 0 aromatic heterocycles. The molecule has 8 rings (SSSR count). The molecule has 0 saturated heterocycles. The van der Waals surface area contributed by atoms with Crippen LogP contribution in [0.25, 0.3) is 5.57 Å². The summed E-state index contributed by atoms with van der Waals surface area (Å²) < 4.78 is 1.44. The zero-order valence-electron chi connectivity index (χ0n) is 17.5. The topological polar surface area (TPSA) is 0 Å². The van der Waals surface area contributed by atoms with Gasteiger partial charge in [0, 0.05) is 0 Å². The normalized spacial score (nSPS) is 24.3. The molecule has 4 aromatic carbocycles. The van der Waals surface area contributed by atoms with Gasteiger partial charge < -0.3 is 0 Å². The van der Waals surface area contributed by atoms with E-state index in [9.17, 15) is 0 Å². The Labute approximate surface area is 201 Å². The number of allylic oxidation sites excluding steroid dienone is 4. The number of rotatable bonds is 2. The molecule has 0 amide bonds. The van der Waals surface area contributed by atoms with Crippen LogP contribution < -0.4 is 0 Å². The Hall–Kier alpha value is -2.98. The molecule has 1 spiro atoms. The van der Waals surface area contributed by atoms with Crippen LogP contribution in [-0.2, 0) is 10.8 Å². The predicted octanol–water partition coefficient (Wildman–Crippen LogP) is 6.00. The molecule has 0 saturated carbocycles. The molecule has 0 heterocycles. The van der Waals surface area contributed by atoms with Gasteiger partial charge in [-0.05, 0) is 0 Å². The van der Waals surface area contributed by atoms with Crippen molar-refractivity contribution in [3.8, 4) is 0 Å². The van der Waals surface area contributed by atoms with E-state index in [4.69, 9.17) is 0 Å². The van der Waals surface area contributed by atoms with Gasteiger partial charge in [-0.3, -0.25) is 0 Å². The number of hydrogen-bond acceptors (Lipinski definition) is 0. The third-order valence-electron chi connectivity index (χ3n) is 7.52. The van der Waals surface area contributed by atoms with Crippen LogP contribution in [-0.4, -0.2) is 25.4 Å². The average molecular weight is 520 g/mol. The van der Waals surface area contributed by atoms with Gasteiger partial charge in [-0.15, -0.1) is 0 Å². The Balaban J connectivity index is 1.64. The monoisotopic (exact) mass is 522 g/mol. The first kappa shape index (κ1) is 18.6. The van der Waals surface area contributed by atoms with Crippen LogP contribution in [0.2, 0.25) is 0 Å². The zero-order valence-corrected chi connectivity index (χ0v) is 19.8. The van der Waals surface area contributed by atoms with Gasteiger partial charge in [0.1, 0.15) is 0 Å². The Bertz CT molecular complexity index is 1420. The van der Waals surface area contributed by atoms with E-state index >= 15 is 0 Å². The number of benzene rings is 4. The molecular weight excluding hydrogens is 500 g/mol. The molecule has 0 N–H and O–H groups in total. The van der Waals surface area contributed by atoms with Gasteiger partial charge in [0.15, 0.2) is 0 Å². The van der Waals surface area contributed by atoms with Crippen molar-refractivity contribution in [1.29, 1.82) is 0 Å². The van der Waals surface area contributed by atoms with Gasteiger partial charge >= 0.3 is 202 Å². The first-order valence-corrected chi connectivity index (χ1v) is 12.3. The molecule has 4 aromatic rings. The van der Waals surface area contributed by atoms with E-state index in [1.54, 1.807) is 0 Å². The van der Waals surface area contributed by atoms with Gasteiger partial charge in [-0.25, -0.2) is 0 Å². The van der Waals surface area contributed by atoms with Gasteiger partial charge in [-0.2, -0.15) is 0 Å². The molecule has 1 heteroatoms. The molecule has 2 bridgehead atoms. The summed E-state index contributed by atoms with van der Waals surface area (Å²) in [6, 6.07) is 40.1. The fourth-order valence-electron chi connectivity index (χ4n) is 6.28. The van der Waals surface area contributed by atoms with E-state index in [1.165, 1.54) is 48.1 Å². The summed E-state index contributed by atoms with van der Waals surface area (Å²) in [7, 11) is 0. The molecule has 0 aliphatic heterocycles. The van der Waals surface area contributed by atoms with Crippen molar-refractivity contribution >= 4 is 30.9 Å². The van der Waals surface area contributed by atoms with Crippen LogP contribution in [0.4, 0.5) is 0 Å². The number of hydrogen-bond donors (Lipinski definition) is 0. The van der Waals surface area contributed by atoms with Crippen LogP contribution in [0.3, 0.4) is 0 Å². The van der Waals surface area contributed by atoms with Crippen LogP contribution in [0.15, 0.2) is 127 Å². The van der Waals surface area contributed by atoms with Gasteiger partial charge in [0.2, 0.25) is 0 Å².